The maximum Gasteiger partial charge on any atom is 0.272 e. The number of thiazole rings is 1. The van der Waals surface area contributed by atoms with Crippen LogP contribution in [0.3, 0.4) is 0 Å². The number of aromatic nitrogens is 3. The molecule has 0 bridgehead atoms. The van der Waals surface area contributed by atoms with E-state index in [4.69, 9.17) is 0 Å². The number of hydrogen-bond acceptors (Lipinski definition) is 5. The molecule has 0 atom stereocenters. The van der Waals surface area contributed by atoms with E-state index < -0.39 is 5.54 Å². The molecule has 0 aliphatic carbocycles. The minimum atomic E-state index is -0.510. The predicted octanol–water partition coefficient (Wildman–Crippen LogP) is 2.33. The molecule has 3 N–H and O–H groups in total. The molecule has 0 radical (unpaired) electrons. The summed E-state index contributed by atoms with van der Waals surface area (Å²) in [4.78, 5) is 18.0. The van der Waals surface area contributed by atoms with Crippen molar-refractivity contribution in [3.05, 3.63) is 33.0 Å². The molecule has 1 aliphatic rings. The molecular formula is C14H21Cl2N5OS. The third-order valence-corrected chi connectivity index (χ3v) is 4.84. The van der Waals surface area contributed by atoms with Crippen LogP contribution in [0.1, 0.15) is 45.5 Å². The molecule has 2 aromatic heterocycles. The number of nitrogens with one attached hydrogen (secondary N) is 3. The van der Waals surface area contributed by atoms with E-state index in [1.54, 1.807) is 11.3 Å². The van der Waals surface area contributed by atoms with Gasteiger partial charge in [-0.05, 0) is 20.8 Å². The van der Waals surface area contributed by atoms with E-state index >= 15 is 0 Å². The average molecular weight is 378 g/mol. The van der Waals surface area contributed by atoms with Crippen LogP contribution in [0.25, 0.3) is 0 Å². The van der Waals surface area contributed by atoms with Crippen molar-refractivity contribution in [3.63, 3.8) is 0 Å². The average Bonchev–Trinajstić information content (AvgIpc) is 3.04. The van der Waals surface area contributed by atoms with Gasteiger partial charge in [0.1, 0.15) is 5.01 Å². The van der Waals surface area contributed by atoms with Crippen LogP contribution >= 0.6 is 36.2 Å². The summed E-state index contributed by atoms with van der Waals surface area (Å²) < 4.78 is 0. The molecule has 0 aromatic carbocycles. The zero-order valence-corrected chi connectivity index (χ0v) is 15.7. The van der Waals surface area contributed by atoms with Crippen molar-refractivity contribution in [2.45, 2.75) is 39.3 Å². The highest BCUT2D eigenvalue weighted by molar-refractivity contribution is 7.11. The number of carbonyl (C=O) groups excluding carboxylic acids is 1. The Morgan fingerprint density at radius 3 is 2.78 bits per heavy atom. The molecule has 0 fully saturated rings. The van der Waals surface area contributed by atoms with Crippen molar-refractivity contribution < 1.29 is 4.79 Å². The molecule has 128 valence electrons. The smallest absolute Gasteiger partial charge is 0.272 e. The second-order valence-electron chi connectivity index (χ2n) is 5.81. The highest BCUT2D eigenvalue weighted by Gasteiger charge is 2.29. The minimum Gasteiger partial charge on any atom is -0.339 e. The lowest BCUT2D eigenvalue weighted by Crippen LogP contribution is -2.41. The van der Waals surface area contributed by atoms with Crippen LogP contribution in [0.4, 0.5) is 0 Å². The maximum atomic E-state index is 12.5. The fraction of sp³-hybridized carbons (Fsp3) is 0.500. The number of carbonyl (C=O) groups is 1. The molecule has 0 saturated heterocycles. The van der Waals surface area contributed by atoms with Crippen LogP contribution in [0.2, 0.25) is 0 Å². The van der Waals surface area contributed by atoms with Gasteiger partial charge in [-0.2, -0.15) is 5.10 Å². The van der Waals surface area contributed by atoms with Gasteiger partial charge in [0, 0.05) is 41.8 Å². The normalized spacial score (nSPS) is 13.5. The summed E-state index contributed by atoms with van der Waals surface area (Å²) >= 11 is 1.60. The monoisotopic (exact) mass is 377 g/mol. The van der Waals surface area contributed by atoms with Crippen LogP contribution in [-0.2, 0) is 18.5 Å². The van der Waals surface area contributed by atoms with Crippen molar-refractivity contribution in [2.24, 2.45) is 0 Å². The van der Waals surface area contributed by atoms with Crippen LogP contribution < -0.4 is 10.6 Å². The van der Waals surface area contributed by atoms with Gasteiger partial charge in [-0.3, -0.25) is 9.89 Å². The molecule has 1 aliphatic heterocycles. The Labute approximate surface area is 151 Å². The Hall–Kier alpha value is -1.15. The number of hydrogen-bond donors (Lipinski definition) is 3. The quantitative estimate of drug-likeness (QED) is 0.766. The molecule has 0 unspecified atom stereocenters. The van der Waals surface area contributed by atoms with Gasteiger partial charge in [0.2, 0.25) is 0 Å². The number of nitrogens with zero attached hydrogens (tertiary/aromatic N) is 2. The number of halogens is 2. The molecule has 9 heteroatoms. The number of aryl methyl sites for hydroxylation is 1. The fourth-order valence-electron chi connectivity index (χ4n) is 2.45. The highest BCUT2D eigenvalue weighted by atomic mass is 35.5. The van der Waals surface area contributed by atoms with Crippen LogP contribution in [0.15, 0.2) is 6.20 Å². The van der Waals surface area contributed by atoms with E-state index in [2.05, 4.69) is 25.8 Å². The van der Waals surface area contributed by atoms with E-state index in [1.807, 2.05) is 27.0 Å². The second kappa shape index (κ2) is 7.61. The molecule has 23 heavy (non-hydrogen) atoms. The van der Waals surface area contributed by atoms with E-state index in [0.717, 1.165) is 34.1 Å². The largest absolute Gasteiger partial charge is 0.339 e. The standard InChI is InChI=1S/C14H19N5OS.2ClH/c1-8-6-16-13(21-8)14(2,3)17-12(20)11-9-7-15-5-4-10(9)18-19-11;;/h6,15H,4-5,7H2,1-3H3,(H,17,20)(H,18,19);2*1H. The lowest BCUT2D eigenvalue weighted by molar-refractivity contribution is 0.0905. The molecule has 0 spiro atoms. The summed E-state index contributed by atoms with van der Waals surface area (Å²) in [7, 11) is 0. The number of rotatable bonds is 3. The van der Waals surface area contributed by atoms with Crippen LogP contribution in [0.5, 0.6) is 0 Å². The van der Waals surface area contributed by atoms with Gasteiger partial charge < -0.3 is 10.6 Å². The van der Waals surface area contributed by atoms with Crippen molar-refractivity contribution >= 4 is 42.1 Å². The summed E-state index contributed by atoms with van der Waals surface area (Å²) in [5.74, 6) is -0.158. The predicted molar refractivity (Wildman–Crippen MR) is 95.8 cm³/mol. The summed E-state index contributed by atoms with van der Waals surface area (Å²) in [5.41, 5.74) is 2.01. The van der Waals surface area contributed by atoms with Crippen molar-refractivity contribution in [2.75, 3.05) is 6.54 Å². The summed E-state index contributed by atoms with van der Waals surface area (Å²) in [6.07, 6.45) is 2.71. The Morgan fingerprint density at radius 1 is 1.39 bits per heavy atom. The Kier molecular flexibility index (Phi) is 6.59. The molecule has 0 saturated carbocycles. The maximum absolute atomic E-state index is 12.5. The van der Waals surface area contributed by atoms with E-state index in [0.29, 0.717) is 12.2 Å². The van der Waals surface area contributed by atoms with Gasteiger partial charge in [-0.25, -0.2) is 4.98 Å². The summed E-state index contributed by atoms with van der Waals surface area (Å²) in [5, 5.41) is 14.4. The van der Waals surface area contributed by atoms with E-state index in [9.17, 15) is 4.79 Å². The molecule has 2 aromatic rings. The number of H-pyrrole nitrogens is 1. The second-order valence-corrected chi connectivity index (χ2v) is 7.05. The number of aromatic amines is 1. The zero-order valence-electron chi connectivity index (χ0n) is 13.2. The first kappa shape index (κ1) is 19.9. The topological polar surface area (TPSA) is 82.7 Å². The first-order valence-corrected chi connectivity index (χ1v) is 7.81. The van der Waals surface area contributed by atoms with Gasteiger partial charge >= 0.3 is 0 Å². The van der Waals surface area contributed by atoms with Crippen LogP contribution in [-0.4, -0.2) is 27.6 Å². The first-order valence-electron chi connectivity index (χ1n) is 6.99. The fourth-order valence-corrected chi connectivity index (χ4v) is 3.28. The van der Waals surface area contributed by atoms with Crippen molar-refractivity contribution in [1.29, 1.82) is 0 Å². The Bertz CT molecular complexity index is 683. The summed E-state index contributed by atoms with van der Waals surface area (Å²) in [6, 6.07) is 0. The third kappa shape index (κ3) is 4.03. The van der Waals surface area contributed by atoms with Gasteiger partial charge in [-0.1, -0.05) is 0 Å². The molecule has 3 rings (SSSR count). The lowest BCUT2D eigenvalue weighted by Gasteiger charge is -2.23. The zero-order chi connectivity index (χ0) is 15.0. The van der Waals surface area contributed by atoms with Crippen LogP contribution in [0, 0.1) is 6.92 Å². The van der Waals surface area contributed by atoms with Crippen molar-refractivity contribution in [3.8, 4) is 0 Å². The Morgan fingerprint density at radius 2 is 2.13 bits per heavy atom. The highest BCUT2D eigenvalue weighted by Crippen LogP contribution is 2.25. The molecule has 1 amide bonds. The summed E-state index contributed by atoms with van der Waals surface area (Å²) in [6.45, 7) is 7.53. The number of amides is 1. The van der Waals surface area contributed by atoms with Gasteiger partial charge in [-0.15, -0.1) is 36.2 Å². The lowest BCUT2D eigenvalue weighted by atomic mass is 10.0. The van der Waals surface area contributed by atoms with E-state index in [-0.39, 0.29) is 30.7 Å². The first-order chi connectivity index (χ1) is 9.97. The van der Waals surface area contributed by atoms with Gasteiger partial charge in [0.15, 0.2) is 5.69 Å². The SMILES string of the molecule is Cc1cnc(C(C)(C)NC(=O)c2n[nH]c3c2CNCC3)s1.Cl.Cl. The van der Waals surface area contributed by atoms with Gasteiger partial charge in [0.25, 0.3) is 5.91 Å². The van der Waals surface area contributed by atoms with E-state index in [1.165, 1.54) is 0 Å². The minimum absolute atomic E-state index is 0. The molecule has 6 nitrogen and oxygen atoms in total. The third-order valence-electron chi connectivity index (χ3n) is 3.60. The number of fused-ring (bicyclic) bond motifs is 1. The van der Waals surface area contributed by atoms with Crippen molar-refractivity contribution in [1.82, 2.24) is 25.8 Å². The molecular weight excluding hydrogens is 357 g/mol. The molecule has 3 heterocycles. The Balaban J connectivity index is 0.00000132. The van der Waals surface area contributed by atoms with Gasteiger partial charge in [0.05, 0.1) is 5.54 Å².